The summed E-state index contributed by atoms with van der Waals surface area (Å²) in [6, 6.07) is 10.2. The number of sulfone groups is 1. The van der Waals surface area contributed by atoms with E-state index in [4.69, 9.17) is 0 Å². The summed E-state index contributed by atoms with van der Waals surface area (Å²) in [4.78, 5) is 17.3. The summed E-state index contributed by atoms with van der Waals surface area (Å²) in [6.45, 7) is 0. The van der Waals surface area contributed by atoms with Crippen LogP contribution in [0.2, 0.25) is 0 Å². The van der Waals surface area contributed by atoms with Gasteiger partial charge in [-0.15, -0.1) is 0 Å². The number of rotatable bonds is 6. The molecule has 3 aromatic heterocycles. The van der Waals surface area contributed by atoms with Gasteiger partial charge in [-0.2, -0.15) is 0 Å². The van der Waals surface area contributed by atoms with Crippen LogP contribution in [-0.2, 0) is 15.6 Å². The Labute approximate surface area is 181 Å². The Morgan fingerprint density at radius 3 is 2.68 bits per heavy atom. The van der Waals surface area contributed by atoms with Crippen LogP contribution in [0, 0.1) is 5.92 Å². The van der Waals surface area contributed by atoms with Crippen LogP contribution in [0.1, 0.15) is 31.2 Å². The molecule has 162 valence electrons. The maximum atomic E-state index is 12.9. The van der Waals surface area contributed by atoms with Gasteiger partial charge >= 0.3 is 0 Å². The van der Waals surface area contributed by atoms with Crippen LogP contribution in [0.4, 0.5) is 5.82 Å². The fourth-order valence-electron chi connectivity index (χ4n) is 4.88. The van der Waals surface area contributed by atoms with Crippen LogP contribution in [-0.4, -0.2) is 47.2 Å². The third-order valence-corrected chi connectivity index (χ3v) is 8.28. The second kappa shape index (κ2) is 8.00. The topological polar surface area (TPSA) is 94.7 Å². The number of nitrogens with one attached hydrogen (secondary N) is 2. The number of anilines is 1. The maximum absolute atomic E-state index is 12.9. The number of hydrogen-bond donors (Lipinski definition) is 2. The summed E-state index contributed by atoms with van der Waals surface area (Å²) in [5.41, 5.74) is 2.73. The molecule has 8 heteroatoms. The number of hydrogen-bond acceptors (Lipinski definition) is 5. The summed E-state index contributed by atoms with van der Waals surface area (Å²) >= 11 is 0. The first kappa shape index (κ1) is 20.1. The minimum atomic E-state index is -3.15. The summed E-state index contributed by atoms with van der Waals surface area (Å²) < 4.78 is 25.7. The molecule has 5 rings (SSSR count). The smallest absolute Gasteiger partial charge is 0.154 e. The van der Waals surface area contributed by atoms with E-state index >= 15 is 0 Å². The number of H-pyrrole nitrogens is 2. The van der Waals surface area contributed by atoms with E-state index in [1.165, 1.54) is 0 Å². The lowest BCUT2D eigenvalue weighted by atomic mass is 9.86. The summed E-state index contributed by atoms with van der Waals surface area (Å²) in [5.74, 6) is 1.54. The van der Waals surface area contributed by atoms with Gasteiger partial charge in [0.2, 0.25) is 0 Å². The molecule has 0 unspecified atom stereocenters. The first-order valence-corrected chi connectivity index (χ1v) is 12.6. The van der Waals surface area contributed by atoms with Gasteiger partial charge in [0, 0.05) is 31.0 Å². The predicted octanol–water partition coefficient (Wildman–Crippen LogP) is 4.05. The zero-order valence-electron chi connectivity index (χ0n) is 17.6. The van der Waals surface area contributed by atoms with E-state index in [0.717, 1.165) is 59.0 Å². The minimum absolute atomic E-state index is 0.111. The van der Waals surface area contributed by atoms with Crippen molar-refractivity contribution in [2.45, 2.75) is 37.5 Å². The number of aromatic amines is 2. The normalized spacial score (nSPS) is 19.8. The van der Waals surface area contributed by atoms with Crippen molar-refractivity contribution in [2.24, 2.45) is 5.92 Å². The number of nitrogens with zero attached hydrogens (tertiary/aromatic N) is 3. The lowest BCUT2D eigenvalue weighted by Gasteiger charge is -2.35. The molecule has 1 aliphatic rings. The fraction of sp³-hybridized carbons (Fsp3) is 0.391. The molecule has 1 fully saturated rings. The standard InChI is InChI=1S/C23H27N5O2S/c1-28(23-20-9-11-25-22(20)26-15-27-23)19-5-2-16(3-6-19)13-31(29,30)14-17-4-7-21-18(12-17)8-10-24-21/h4,7-12,15-16,19,24H,2-3,5-6,13-14H2,1H3,(H,25,26,27). The van der Waals surface area contributed by atoms with Gasteiger partial charge in [0.25, 0.3) is 0 Å². The van der Waals surface area contributed by atoms with Crippen LogP contribution in [0.15, 0.2) is 49.1 Å². The van der Waals surface area contributed by atoms with Crippen molar-refractivity contribution in [3.8, 4) is 0 Å². The van der Waals surface area contributed by atoms with Crippen molar-refractivity contribution >= 4 is 37.6 Å². The Morgan fingerprint density at radius 2 is 1.84 bits per heavy atom. The van der Waals surface area contributed by atoms with Crippen molar-refractivity contribution in [2.75, 3.05) is 17.7 Å². The van der Waals surface area contributed by atoms with Crippen molar-refractivity contribution in [3.05, 3.63) is 54.6 Å². The molecule has 4 aromatic rings. The zero-order valence-corrected chi connectivity index (χ0v) is 18.4. The predicted molar refractivity (Wildman–Crippen MR) is 124 cm³/mol. The Kier molecular flexibility index (Phi) is 5.17. The van der Waals surface area contributed by atoms with E-state index < -0.39 is 9.84 Å². The van der Waals surface area contributed by atoms with Gasteiger partial charge < -0.3 is 14.9 Å². The molecule has 0 saturated heterocycles. The van der Waals surface area contributed by atoms with Crippen LogP contribution in [0.25, 0.3) is 21.9 Å². The molecule has 1 saturated carbocycles. The van der Waals surface area contributed by atoms with Crippen LogP contribution in [0.5, 0.6) is 0 Å². The monoisotopic (exact) mass is 437 g/mol. The van der Waals surface area contributed by atoms with Crippen LogP contribution < -0.4 is 4.90 Å². The highest BCUT2D eigenvalue weighted by Crippen LogP contribution is 2.32. The molecule has 1 aliphatic carbocycles. The maximum Gasteiger partial charge on any atom is 0.154 e. The lowest BCUT2D eigenvalue weighted by Crippen LogP contribution is -2.37. The minimum Gasteiger partial charge on any atom is -0.361 e. The van der Waals surface area contributed by atoms with Gasteiger partial charge in [-0.3, -0.25) is 0 Å². The van der Waals surface area contributed by atoms with Gasteiger partial charge in [0.1, 0.15) is 17.8 Å². The molecule has 1 aromatic carbocycles. The van der Waals surface area contributed by atoms with Gasteiger partial charge in [-0.05, 0) is 66.8 Å². The van der Waals surface area contributed by atoms with Gasteiger partial charge in [0.15, 0.2) is 9.84 Å². The van der Waals surface area contributed by atoms with E-state index in [2.05, 4.69) is 31.9 Å². The quantitative estimate of drug-likeness (QED) is 0.475. The van der Waals surface area contributed by atoms with Gasteiger partial charge in [0.05, 0.1) is 16.9 Å². The molecule has 7 nitrogen and oxygen atoms in total. The molecule has 0 atom stereocenters. The lowest BCUT2D eigenvalue weighted by molar-refractivity contribution is 0.340. The molecular formula is C23H27N5O2S. The molecular weight excluding hydrogens is 410 g/mol. The van der Waals surface area contributed by atoms with Crippen molar-refractivity contribution in [3.63, 3.8) is 0 Å². The highest BCUT2D eigenvalue weighted by atomic mass is 32.2. The first-order valence-electron chi connectivity index (χ1n) is 10.8. The molecule has 2 N–H and O–H groups in total. The van der Waals surface area contributed by atoms with Crippen LogP contribution in [0.3, 0.4) is 0 Å². The van der Waals surface area contributed by atoms with Crippen LogP contribution >= 0.6 is 0 Å². The Balaban J connectivity index is 1.20. The second-order valence-corrected chi connectivity index (χ2v) is 10.8. The number of aromatic nitrogens is 4. The van der Waals surface area contributed by atoms with E-state index in [-0.39, 0.29) is 17.4 Å². The van der Waals surface area contributed by atoms with E-state index in [1.807, 2.05) is 42.7 Å². The van der Waals surface area contributed by atoms with E-state index in [9.17, 15) is 8.42 Å². The average molecular weight is 438 g/mol. The summed E-state index contributed by atoms with van der Waals surface area (Å²) in [6.07, 6.45) is 9.14. The summed E-state index contributed by atoms with van der Waals surface area (Å²) in [5, 5.41) is 2.08. The number of benzene rings is 1. The molecule has 0 radical (unpaired) electrons. The summed E-state index contributed by atoms with van der Waals surface area (Å²) in [7, 11) is -1.07. The van der Waals surface area contributed by atoms with Crippen molar-refractivity contribution < 1.29 is 8.42 Å². The highest BCUT2D eigenvalue weighted by molar-refractivity contribution is 7.90. The molecule has 0 bridgehead atoms. The fourth-order valence-corrected chi connectivity index (χ4v) is 6.73. The van der Waals surface area contributed by atoms with E-state index in [0.29, 0.717) is 6.04 Å². The third kappa shape index (κ3) is 4.17. The highest BCUT2D eigenvalue weighted by Gasteiger charge is 2.28. The largest absolute Gasteiger partial charge is 0.361 e. The van der Waals surface area contributed by atoms with Gasteiger partial charge in [-0.1, -0.05) is 6.07 Å². The second-order valence-electron chi connectivity index (χ2n) is 8.68. The van der Waals surface area contributed by atoms with Gasteiger partial charge in [-0.25, -0.2) is 18.4 Å². The van der Waals surface area contributed by atoms with E-state index in [1.54, 1.807) is 6.33 Å². The SMILES string of the molecule is CN(c1ncnc2[nH]ccc12)C1CCC(CS(=O)(=O)Cc2ccc3[nH]ccc3c2)CC1. The molecule has 0 spiro atoms. The molecule has 0 amide bonds. The number of fused-ring (bicyclic) bond motifs is 2. The third-order valence-electron chi connectivity index (χ3n) is 6.52. The Hall–Kier alpha value is -2.87. The Bertz CT molecular complexity index is 1300. The molecule has 3 heterocycles. The molecule has 0 aliphatic heterocycles. The van der Waals surface area contributed by atoms with Crippen molar-refractivity contribution in [1.29, 1.82) is 0 Å². The Morgan fingerprint density at radius 1 is 1.03 bits per heavy atom. The van der Waals surface area contributed by atoms with Crippen molar-refractivity contribution in [1.82, 2.24) is 19.9 Å². The molecule has 31 heavy (non-hydrogen) atoms. The zero-order chi connectivity index (χ0) is 21.4. The average Bonchev–Trinajstić information content (AvgIpc) is 3.42. The first-order chi connectivity index (χ1) is 15.0.